The number of fused-ring (bicyclic) bond motifs is 5. The summed E-state index contributed by atoms with van der Waals surface area (Å²) in [4.78, 5) is 4.69. The third-order valence-electron chi connectivity index (χ3n) is 4.47. The number of nitrogens with zero attached hydrogens (tertiary/aromatic N) is 1. The average molecular weight is 259 g/mol. The van der Waals surface area contributed by atoms with Gasteiger partial charge >= 0.3 is 0 Å². The molecule has 4 rings (SSSR count). The lowest BCUT2D eigenvalue weighted by Gasteiger charge is -2.09. The molecule has 0 spiro atoms. The molecule has 1 aliphatic rings. The standard InChI is InChI=1S/C19H17N/c1-11-4-5-14-10-20-18-9-15-7-12(2)13(3)8-17(15)19(18)16(14)6-11/h4-8,10H,9H2,1-3H3. The van der Waals surface area contributed by atoms with Gasteiger partial charge in [-0.25, -0.2) is 0 Å². The Morgan fingerprint density at radius 1 is 0.950 bits per heavy atom. The van der Waals surface area contributed by atoms with Crippen LogP contribution in [0.25, 0.3) is 21.9 Å². The van der Waals surface area contributed by atoms with Crippen LogP contribution in [0.2, 0.25) is 0 Å². The van der Waals surface area contributed by atoms with Crippen LogP contribution in [0.15, 0.2) is 36.5 Å². The zero-order valence-corrected chi connectivity index (χ0v) is 12.1. The first kappa shape index (κ1) is 11.7. The number of aromatic nitrogens is 1. The molecule has 2 aromatic carbocycles. The quantitative estimate of drug-likeness (QED) is 0.445. The summed E-state index contributed by atoms with van der Waals surface area (Å²) in [6.07, 6.45) is 2.98. The van der Waals surface area contributed by atoms with Crippen LogP contribution in [-0.2, 0) is 6.42 Å². The predicted octanol–water partition coefficient (Wildman–Crippen LogP) is 4.73. The molecule has 0 radical (unpaired) electrons. The van der Waals surface area contributed by atoms with Crippen LogP contribution in [0.1, 0.15) is 27.9 Å². The SMILES string of the molecule is Cc1ccc2cnc3c(c2c1)-c1cc(C)c(C)cc1C3. The van der Waals surface area contributed by atoms with Gasteiger partial charge in [-0.2, -0.15) is 0 Å². The second-order valence-electron chi connectivity index (χ2n) is 5.94. The van der Waals surface area contributed by atoms with Crippen molar-refractivity contribution >= 4 is 10.8 Å². The van der Waals surface area contributed by atoms with Crippen LogP contribution < -0.4 is 0 Å². The van der Waals surface area contributed by atoms with Crippen LogP contribution in [0.5, 0.6) is 0 Å². The van der Waals surface area contributed by atoms with E-state index in [1.54, 1.807) is 0 Å². The second kappa shape index (κ2) is 3.92. The van der Waals surface area contributed by atoms with Crippen molar-refractivity contribution in [3.8, 4) is 11.1 Å². The highest BCUT2D eigenvalue weighted by Gasteiger charge is 2.22. The van der Waals surface area contributed by atoms with Gasteiger partial charge in [-0.15, -0.1) is 0 Å². The minimum absolute atomic E-state index is 0.968. The van der Waals surface area contributed by atoms with E-state index in [-0.39, 0.29) is 0 Å². The summed E-state index contributed by atoms with van der Waals surface area (Å²) in [6.45, 7) is 6.54. The van der Waals surface area contributed by atoms with E-state index in [4.69, 9.17) is 4.98 Å². The van der Waals surface area contributed by atoms with Crippen LogP contribution >= 0.6 is 0 Å². The van der Waals surface area contributed by atoms with Gasteiger partial charge in [0.2, 0.25) is 0 Å². The highest BCUT2D eigenvalue weighted by molar-refractivity contribution is 6.00. The van der Waals surface area contributed by atoms with Gasteiger partial charge in [0.15, 0.2) is 0 Å². The zero-order chi connectivity index (χ0) is 13.9. The molecule has 98 valence electrons. The predicted molar refractivity (Wildman–Crippen MR) is 84.2 cm³/mol. The minimum Gasteiger partial charge on any atom is -0.260 e. The average Bonchev–Trinajstić information content (AvgIpc) is 2.77. The summed E-state index contributed by atoms with van der Waals surface area (Å²) >= 11 is 0. The van der Waals surface area contributed by atoms with Crippen molar-refractivity contribution in [2.24, 2.45) is 0 Å². The summed E-state index contributed by atoms with van der Waals surface area (Å²) in [5.74, 6) is 0. The lowest BCUT2D eigenvalue weighted by atomic mass is 9.96. The van der Waals surface area contributed by atoms with E-state index in [1.807, 2.05) is 6.20 Å². The van der Waals surface area contributed by atoms with Gasteiger partial charge in [-0.1, -0.05) is 35.9 Å². The molecule has 20 heavy (non-hydrogen) atoms. The Hall–Kier alpha value is -2.15. The molecule has 1 aromatic heterocycles. The number of hydrogen-bond acceptors (Lipinski definition) is 1. The molecule has 1 nitrogen and oxygen atoms in total. The van der Waals surface area contributed by atoms with Gasteiger partial charge in [0.1, 0.15) is 0 Å². The molecule has 1 heteroatoms. The van der Waals surface area contributed by atoms with Crippen LogP contribution in [0.4, 0.5) is 0 Å². The Morgan fingerprint density at radius 3 is 2.60 bits per heavy atom. The summed E-state index contributed by atoms with van der Waals surface area (Å²) < 4.78 is 0. The van der Waals surface area contributed by atoms with Crippen LogP contribution in [0.3, 0.4) is 0 Å². The van der Waals surface area contributed by atoms with Gasteiger partial charge in [-0.3, -0.25) is 4.98 Å². The van der Waals surface area contributed by atoms with Crippen molar-refractivity contribution in [1.29, 1.82) is 0 Å². The minimum atomic E-state index is 0.968. The molecule has 0 fully saturated rings. The molecular weight excluding hydrogens is 242 g/mol. The lowest BCUT2D eigenvalue weighted by molar-refractivity contribution is 1.13. The van der Waals surface area contributed by atoms with Gasteiger partial charge in [0.05, 0.1) is 5.69 Å². The summed E-state index contributed by atoms with van der Waals surface area (Å²) in [7, 11) is 0. The van der Waals surface area contributed by atoms with Gasteiger partial charge in [-0.05, 0) is 48.4 Å². The normalized spacial score (nSPS) is 12.6. The molecule has 0 amide bonds. The highest BCUT2D eigenvalue weighted by atomic mass is 14.7. The topological polar surface area (TPSA) is 12.9 Å². The van der Waals surface area contributed by atoms with E-state index >= 15 is 0 Å². The van der Waals surface area contributed by atoms with Gasteiger partial charge in [0, 0.05) is 23.6 Å². The molecule has 0 saturated heterocycles. The Kier molecular flexibility index (Phi) is 2.29. The molecule has 0 N–H and O–H groups in total. The molecule has 1 heterocycles. The second-order valence-corrected chi connectivity index (χ2v) is 5.94. The van der Waals surface area contributed by atoms with E-state index in [9.17, 15) is 0 Å². The first-order valence-electron chi connectivity index (χ1n) is 7.12. The van der Waals surface area contributed by atoms with E-state index in [2.05, 4.69) is 51.1 Å². The Morgan fingerprint density at radius 2 is 1.75 bits per heavy atom. The maximum atomic E-state index is 4.69. The van der Waals surface area contributed by atoms with Crippen molar-refractivity contribution < 1.29 is 0 Å². The number of pyridine rings is 1. The third-order valence-corrected chi connectivity index (χ3v) is 4.47. The molecule has 3 aromatic rings. The largest absolute Gasteiger partial charge is 0.260 e. The number of hydrogen-bond donors (Lipinski definition) is 0. The number of rotatable bonds is 0. The monoisotopic (exact) mass is 259 g/mol. The molecule has 0 aliphatic heterocycles. The molecule has 1 aliphatic carbocycles. The van der Waals surface area contributed by atoms with Gasteiger partial charge < -0.3 is 0 Å². The summed E-state index contributed by atoms with van der Waals surface area (Å²) in [6, 6.07) is 11.3. The van der Waals surface area contributed by atoms with E-state index < -0.39 is 0 Å². The van der Waals surface area contributed by atoms with Crippen molar-refractivity contribution in [3.05, 3.63) is 64.5 Å². The molecule has 0 unspecified atom stereocenters. The fourth-order valence-electron chi connectivity index (χ4n) is 3.24. The molecule has 0 bridgehead atoms. The Bertz CT molecular complexity index is 859. The van der Waals surface area contributed by atoms with E-state index in [0.29, 0.717) is 0 Å². The zero-order valence-electron chi connectivity index (χ0n) is 12.1. The van der Waals surface area contributed by atoms with Crippen molar-refractivity contribution in [3.63, 3.8) is 0 Å². The van der Waals surface area contributed by atoms with Crippen LogP contribution in [-0.4, -0.2) is 4.98 Å². The third kappa shape index (κ3) is 1.53. The number of benzene rings is 2. The Balaban J connectivity index is 2.12. The molecule has 0 atom stereocenters. The number of aryl methyl sites for hydroxylation is 3. The van der Waals surface area contributed by atoms with Crippen LogP contribution in [0, 0.1) is 20.8 Å². The van der Waals surface area contributed by atoms with Crippen molar-refractivity contribution in [2.45, 2.75) is 27.2 Å². The van der Waals surface area contributed by atoms with E-state index in [0.717, 1.165) is 6.42 Å². The Labute approximate surface area is 119 Å². The fraction of sp³-hybridized carbons (Fsp3) is 0.211. The fourth-order valence-corrected chi connectivity index (χ4v) is 3.24. The summed E-state index contributed by atoms with van der Waals surface area (Å²) in [5.41, 5.74) is 9.42. The lowest BCUT2D eigenvalue weighted by Crippen LogP contribution is -1.88. The smallest absolute Gasteiger partial charge is 0.0532 e. The first-order chi connectivity index (χ1) is 9.63. The van der Waals surface area contributed by atoms with Gasteiger partial charge in [0.25, 0.3) is 0 Å². The maximum absolute atomic E-state index is 4.69. The molecule has 0 saturated carbocycles. The molecular formula is C19H17N. The van der Waals surface area contributed by atoms with Crippen molar-refractivity contribution in [2.75, 3.05) is 0 Å². The first-order valence-corrected chi connectivity index (χ1v) is 7.12. The van der Waals surface area contributed by atoms with E-state index in [1.165, 1.54) is 49.8 Å². The summed E-state index contributed by atoms with van der Waals surface area (Å²) in [5, 5.41) is 2.58. The van der Waals surface area contributed by atoms with Crippen molar-refractivity contribution in [1.82, 2.24) is 4.98 Å². The highest BCUT2D eigenvalue weighted by Crippen LogP contribution is 2.41. The maximum Gasteiger partial charge on any atom is 0.0532 e.